The van der Waals surface area contributed by atoms with Gasteiger partial charge in [0.25, 0.3) is 5.69 Å². The lowest BCUT2D eigenvalue weighted by atomic mass is 10.1. The van der Waals surface area contributed by atoms with Gasteiger partial charge in [0.15, 0.2) is 0 Å². The molecule has 0 unspecified atom stereocenters. The van der Waals surface area contributed by atoms with Crippen molar-refractivity contribution in [2.75, 3.05) is 0 Å². The van der Waals surface area contributed by atoms with Crippen LogP contribution in [0.2, 0.25) is 0 Å². The van der Waals surface area contributed by atoms with Crippen LogP contribution in [0.3, 0.4) is 0 Å². The van der Waals surface area contributed by atoms with E-state index in [2.05, 4.69) is 0 Å². The minimum absolute atomic E-state index is 0.0938. The zero-order valence-corrected chi connectivity index (χ0v) is 9.82. The molecule has 0 saturated carbocycles. The van der Waals surface area contributed by atoms with E-state index in [-0.39, 0.29) is 11.3 Å². The van der Waals surface area contributed by atoms with Crippen LogP contribution in [0.15, 0.2) is 54.6 Å². The van der Waals surface area contributed by atoms with E-state index in [4.69, 9.17) is 0 Å². The molecule has 0 spiro atoms. The molecule has 2 rings (SSSR count). The lowest BCUT2D eigenvalue weighted by Crippen LogP contribution is -2.05. The average molecular weight is 256 g/mol. The van der Waals surface area contributed by atoms with Gasteiger partial charge in [-0.1, -0.05) is 36.1 Å². The maximum Gasteiger partial charge on any atom is 0.269 e. The fourth-order valence-electron chi connectivity index (χ4n) is 1.60. The Morgan fingerprint density at radius 3 is 2.05 bits per heavy atom. The first kappa shape index (κ1) is 12.6. The Hall–Kier alpha value is -2.82. The summed E-state index contributed by atoms with van der Waals surface area (Å²) in [5.74, 6) is -0.949. The zero-order valence-electron chi connectivity index (χ0n) is 9.82. The first-order chi connectivity index (χ1) is 9.09. The fraction of sp³-hybridized carbons (Fsp3) is 0. The average Bonchev–Trinajstić information content (AvgIpc) is 2.46. The Labute approximate surface area is 109 Å². The maximum atomic E-state index is 11.9. The quantitative estimate of drug-likeness (QED) is 0.395. The molecule has 0 aliphatic rings. The summed E-state index contributed by atoms with van der Waals surface area (Å²) in [6.07, 6.45) is 0. The molecular formula is C14H10NO4-. The molecule has 0 aliphatic carbocycles. The van der Waals surface area contributed by atoms with Crippen molar-refractivity contribution < 1.29 is 15.1 Å². The molecule has 0 heterocycles. The van der Waals surface area contributed by atoms with Gasteiger partial charge < -0.3 is 10.2 Å². The van der Waals surface area contributed by atoms with Gasteiger partial charge >= 0.3 is 0 Å². The van der Waals surface area contributed by atoms with Crippen molar-refractivity contribution in [1.82, 2.24) is 0 Å². The lowest BCUT2D eigenvalue weighted by Gasteiger charge is -2.15. The molecule has 0 saturated heterocycles. The van der Waals surface area contributed by atoms with Crippen molar-refractivity contribution in [2.45, 2.75) is 0 Å². The number of aliphatic hydroxyl groups excluding tert-OH is 1. The largest absolute Gasteiger partial charge is 0.870 e. The lowest BCUT2D eigenvalue weighted by molar-refractivity contribution is -0.384. The van der Waals surface area contributed by atoms with Crippen molar-refractivity contribution in [3.63, 3.8) is 0 Å². The van der Waals surface area contributed by atoms with E-state index in [0.717, 1.165) is 0 Å². The molecule has 2 aromatic carbocycles. The molecule has 0 fully saturated rings. The Balaban J connectivity index is 2.38. The third-order valence-corrected chi connectivity index (χ3v) is 2.60. The van der Waals surface area contributed by atoms with Crippen molar-refractivity contribution >= 4 is 17.2 Å². The van der Waals surface area contributed by atoms with Crippen molar-refractivity contribution in [3.8, 4) is 0 Å². The number of nitrogens with zero attached hydrogens (tertiary/aromatic N) is 1. The first-order valence-corrected chi connectivity index (χ1v) is 5.50. The summed E-state index contributed by atoms with van der Waals surface area (Å²) in [7, 11) is 0. The molecule has 19 heavy (non-hydrogen) atoms. The SMILES string of the molecule is O=[N+]([O-])c1ccc(C(O)=C([O-])c2ccccc2)cc1. The van der Waals surface area contributed by atoms with E-state index in [1.807, 2.05) is 0 Å². The summed E-state index contributed by atoms with van der Waals surface area (Å²) in [5, 5.41) is 32.3. The molecular weight excluding hydrogens is 246 g/mol. The van der Waals surface area contributed by atoms with E-state index < -0.39 is 16.4 Å². The fourth-order valence-corrected chi connectivity index (χ4v) is 1.60. The summed E-state index contributed by atoms with van der Waals surface area (Å²) in [6.45, 7) is 0. The zero-order chi connectivity index (χ0) is 13.8. The molecule has 0 amide bonds. The minimum Gasteiger partial charge on any atom is -0.870 e. The van der Waals surface area contributed by atoms with Gasteiger partial charge in [0.05, 0.1) is 4.92 Å². The predicted molar refractivity (Wildman–Crippen MR) is 69.0 cm³/mol. The Kier molecular flexibility index (Phi) is 3.47. The maximum absolute atomic E-state index is 11.9. The van der Waals surface area contributed by atoms with E-state index in [1.54, 1.807) is 30.3 Å². The van der Waals surface area contributed by atoms with E-state index in [9.17, 15) is 20.3 Å². The number of benzene rings is 2. The molecule has 96 valence electrons. The highest BCUT2D eigenvalue weighted by molar-refractivity contribution is 5.81. The Morgan fingerprint density at radius 1 is 0.947 bits per heavy atom. The van der Waals surface area contributed by atoms with Crippen molar-refractivity contribution in [3.05, 3.63) is 75.8 Å². The molecule has 5 nitrogen and oxygen atoms in total. The monoisotopic (exact) mass is 256 g/mol. The molecule has 0 bridgehead atoms. The second kappa shape index (κ2) is 5.22. The summed E-state index contributed by atoms with van der Waals surface area (Å²) < 4.78 is 0. The highest BCUT2D eigenvalue weighted by Crippen LogP contribution is 2.22. The number of aliphatic hydroxyl groups is 1. The second-order valence-electron chi connectivity index (χ2n) is 3.85. The van der Waals surface area contributed by atoms with E-state index in [1.165, 1.54) is 24.3 Å². The third-order valence-electron chi connectivity index (χ3n) is 2.60. The number of hydrogen-bond donors (Lipinski definition) is 1. The van der Waals surface area contributed by atoms with Crippen molar-refractivity contribution in [2.24, 2.45) is 0 Å². The van der Waals surface area contributed by atoms with Crippen LogP contribution in [0.25, 0.3) is 11.5 Å². The number of nitro benzene ring substituents is 1. The normalized spacial score (nSPS) is 11.8. The number of rotatable bonds is 3. The van der Waals surface area contributed by atoms with Crippen LogP contribution in [0.1, 0.15) is 11.1 Å². The molecule has 1 N–H and O–H groups in total. The van der Waals surface area contributed by atoms with Crippen LogP contribution >= 0.6 is 0 Å². The molecule has 0 aromatic heterocycles. The van der Waals surface area contributed by atoms with E-state index >= 15 is 0 Å². The van der Waals surface area contributed by atoms with Crippen LogP contribution < -0.4 is 5.11 Å². The van der Waals surface area contributed by atoms with Crippen LogP contribution in [0.4, 0.5) is 5.69 Å². The topological polar surface area (TPSA) is 86.4 Å². The van der Waals surface area contributed by atoms with E-state index in [0.29, 0.717) is 5.56 Å². The summed E-state index contributed by atoms with van der Waals surface area (Å²) in [6, 6.07) is 13.5. The molecule has 2 aromatic rings. The smallest absolute Gasteiger partial charge is 0.269 e. The van der Waals surface area contributed by atoms with Gasteiger partial charge in [-0.25, -0.2) is 0 Å². The van der Waals surface area contributed by atoms with Crippen LogP contribution in [-0.2, 0) is 0 Å². The Morgan fingerprint density at radius 2 is 1.53 bits per heavy atom. The third kappa shape index (κ3) is 2.71. The predicted octanol–water partition coefficient (Wildman–Crippen LogP) is 2.34. The highest BCUT2D eigenvalue weighted by Gasteiger charge is 2.07. The number of non-ortho nitro benzene ring substituents is 1. The second-order valence-corrected chi connectivity index (χ2v) is 3.85. The summed E-state index contributed by atoms with van der Waals surface area (Å²) in [4.78, 5) is 9.96. The van der Waals surface area contributed by atoms with Gasteiger partial charge in [-0.15, -0.1) is 0 Å². The summed E-state index contributed by atoms with van der Waals surface area (Å²) >= 11 is 0. The van der Waals surface area contributed by atoms with Gasteiger partial charge in [0, 0.05) is 17.7 Å². The number of hydrogen-bond acceptors (Lipinski definition) is 4. The molecule has 5 heteroatoms. The first-order valence-electron chi connectivity index (χ1n) is 5.50. The van der Waals surface area contributed by atoms with Gasteiger partial charge in [-0.2, -0.15) is 0 Å². The van der Waals surface area contributed by atoms with Gasteiger partial charge in [0.1, 0.15) is 5.76 Å². The van der Waals surface area contributed by atoms with Gasteiger partial charge in [0.2, 0.25) is 0 Å². The van der Waals surface area contributed by atoms with Gasteiger partial charge in [-0.3, -0.25) is 10.1 Å². The van der Waals surface area contributed by atoms with Crippen LogP contribution in [0, 0.1) is 10.1 Å². The van der Waals surface area contributed by atoms with Crippen LogP contribution in [0.5, 0.6) is 0 Å². The highest BCUT2D eigenvalue weighted by atomic mass is 16.6. The van der Waals surface area contributed by atoms with Crippen LogP contribution in [-0.4, -0.2) is 10.0 Å². The Bertz CT molecular complexity index is 618. The van der Waals surface area contributed by atoms with Gasteiger partial charge in [-0.05, 0) is 17.7 Å². The molecule has 0 aliphatic heterocycles. The van der Waals surface area contributed by atoms with Crippen molar-refractivity contribution in [1.29, 1.82) is 0 Å². The molecule has 0 radical (unpaired) electrons. The summed E-state index contributed by atoms with van der Waals surface area (Å²) in [5.41, 5.74) is 0.515. The standard InChI is InChI=1S/C14H11NO4/c16-13(10-4-2-1-3-5-10)14(17)11-6-8-12(9-7-11)15(18)19/h1-9,16-17H/p-1. The number of nitro groups is 1. The molecule has 0 atom stereocenters. The minimum atomic E-state index is -0.542.